The number of amidine groups is 1. The second kappa shape index (κ2) is 6.60. The minimum atomic E-state index is -0.0274. The van der Waals surface area contributed by atoms with Crippen LogP contribution in [-0.4, -0.2) is 27.8 Å². The maximum atomic E-state index is 8.58. The average molecular weight is 224 g/mol. The topological polar surface area (TPSA) is 93.6 Å². The van der Waals surface area contributed by atoms with Crippen LogP contribution in [0.15, 0.2) is 17.4 Å². The number of hydrogen-bond donors (Lipinski definition) is 2. The second-order valence-corrected chi connectivity index (χ2v) is 3.29. The minimum absolute atomic E-state index is 0.0274. The summed E-state index contributed by atoms with van der Waals surface area (Å²) in [6, 6.07) is 1.59. The molecule has 0 amide bonds. The summed E-state index contributed by atoms with van der Waals surface area (Å²) in [5, 5.41) is 19.0. The van der Waals surface area contributed by atoms with Gasteiger partial charge in [-0.1, -0.05) is 24.9 Å². The first-order valence-electron chi connectivity index (χ1n) is 5.22. The predicted octanol–water partition coefficient (Wildman–Crippen LogP) is 1.14. The molecule has 0 aliphatic heterocycles. The van der Waals surface area contributed by atoms with Crippen LogP contribution >= 0.6 is 0 Å². The van der Waals surface area contributed by atoms with Gasteiger partial charge in [-0.15, -0.1) is 5.10 Å². The third-order valence-corrected chi connectivity index (χ3v) is 2.06. The molecule has 0 aromatic carbocycles. The molecule has 0 aliphatic rings. The van der Waals surface area contributed by atoms with Gasteiger partial charge >= 0.3 is 0 Å². The monoisotopic (exact) mass is 224 g/mol. The van der Waals surface area contributed by atoms with E-state index in [1.165, 1.54) is 6.20 Å². The van der Waals surface area contributed by atoms with Crippen LogP contribution in [0.4, 0.5) is 0 Å². The molecule has 0 saturated heterocycles. The highest BCUT2D eigenvalue weighted by molar-refractivity contribution is 5.98. The van der Waals surface area contributed by atoms with E-state index in [1.54, 1.807) is 6.07 Å². The molecule has 0 bridgehead atoms. The van der Waals surface area contributed by atoms with Crippen molar-refractivity contribution in [1.82, 2.24) is 10.2 Å². The third-order valence-electron chi connectivity index (χ3n) is 2.06. The highest BCUT2D eigenvalue weighted by Gasteiger charge is 2.09. The first-order valence-corrected chi connectivity index (χ1v) is 5.22. The van der Waals surface area contributed by atoms with Crippen LogP contribution in [-0.2, 0) is 0 Å². The largest absolute Gasteiger partial charge is 0.476 e. The van der Waals surface area contributed by atoms with E-state index in [0.29, 0.717) is 18.1 Å². The van der Waals surface area contributed by atoms with Crippen molar-refractivity contribution < 1.29 is 9.94 Å². The number of hydrogen-bond acceptors (Lipinski definition) is 5. The maximum absolute atomic E-state index is 8.58. The van der Waals surface area contributed by atoms with Crippen LogP contribution in [0.1, 0.15) is 31.7 Å². The molecule has 1 aromatic heterocycles. The van der Waals surface area contributed by atoms with Crippen LogP contribution in [0.2, 0.25) is 0 Å². The number of unbranched alkanes of at least 4 members (excludes halogenated alkanes) is 2. The molecule has 6 heteroatoms. The molecular weight excluding hydrogens is 208 g/mol. The molecule has 1 aromatic rings. The van der Waals surface area contributed by atoms with Crippen molar-refractivity contribution >= 4 is 5.84 Å². The van der Waals surface area contributed by atoms with Gasteiger partial charge in [-0.05, 0) is 12.5 Å². The van der Waals surface area contributed by atoms with Gasteiger partial charge in [-0.25, -0.2) is 0 Å². The fourth-order valence-electron chi connectivity index (χ4n) is 1.20. The predicted molar refractivity (Wildman–Crippen MR) is 59.6 cm³/mol. The molecule has 1 rings (SSSR count). The molecule has 0 saturated carbocycles. The van der Waals surface area contributed by atoms with Crippen molar-refractivity contribution in [3.8, 4) is 5.88 Å². The van der Waals surface area contributed by atoms with E-state index in [2.05, 4.69) is 22.3 Å². The summed E-state index contributed by atoms with van der Waals surface area (Å²) in [6.45, 7) is 2.67. The Labute approximate surface area is 94.1 Å². The molecule has 0 spiro atoms. The Kier molecular flexibility index (Phi) is 5.04. The molecule has 0 atom stereocenters. The zero-order valence-corrected chi connectivity index (χ0v) is 9.26. The van der Waals surface area contributed by atoms with Crippen molar-refractivity contribution in [2.24, 2.45) is 10.9 Å². The number of nitrogens with two attached hydrogens (primary N) is 1. The summed E-state index contributed by atoms with van der Waals surface area (Å²) in [5.41, 5.74) is 5.93. The fourth-order valence-corrected chi connectivity index (χ4v) is 1.20. The van der Waals surface area contributed by atoms with Crippen molar-refractivity contribution in [3.05, 3.63) is 17.8 Å². The lowest BCUT2D eigenvalue weighted by Gasteiger charge is -2.07. The van der Waals surface area contributed by atoms with E-state index >= 15 is 0 Å². The lowest BCUT2D eigenvalue weighted by atomic mass is 10.2. The van der Waals surface area contributed by atoms with Crippen molar-refractivity contribution in [2.75, 3.05) is 6.61 Å². The number of ether oxygens (including phenoxy) is 1. The fraction of sp³-hybridized carbons (Fsp3) is 0.500. The summed E-state index contributed by atoms with van der Waals surface area (Å²) in [5.74, 6) is 0.272. The summed E-state index contributed by atoms with van der Waals surface area (Å²) in [4.78, 5) is 0. The van der Waals surface area contributed by atoms with Crippen LogP contribution < -0.4 is 10.5 Å². The molecule has 0 unspecified atom stereocenters. The molecular formula is C10H16N4O2. The van der Waals surface area contributed by atoms with Crippen LogP contribution in [0.3, 0.4) is 0 Å². The highest BCUT2D eigenvalue weighted by Crippen LogP contribution is 2.13. The molecule has 0 radical (unpaired) electrons. The molecule has 0 fully saturated rings. The lowest BCUT2D eigenvalue weighted by Crippen LogP contribution is -2.16. The standard InChI is InChI=1S/C10H16N4O2/c1-2-3-4-7-16-10-8(9(11)14-15)5-6-12-13-10/h5-6,15H,2-4,7H2,1H3,(H2,11,14). The van der Waals surface area contributed by atoms with E-state index in [4.69, 9.17) is 15.7 Å². The smallest absolute Gasteiger partial charge is 0.244 e. The van der Waals surface area contributed by atoms with Gasteiger partial charge in [-0.3, -0.25) is 0 Å². The number of oxime groups is 1. The first-order chi connectivity index (χ1) is 7.79. The van der Waals surface area contributed by atoms with Gasteiger partial charge < -0.3 is 15.7 Å². The minimum Gasteiger partial charge on any atom is -0.476 e. The van der Waals surface area contributed by atoms with E-state index in [1.807, 2.05) is 0 Å². The molecule has 88 valence electrons. The van der Waals surface area contributed by atoms with E-state index < -0.39 is 0 Å². The molecule has 16 heavy (non-hydrogen) atoms. The third kappa shape index (κ3) is 3.38. The van der Waals surface area contributed by atoms with Crippen molar-refractivity contribution in [3.63, 3.8) is 0 Å². The summed E-state index contributed by atoms with van der Waals surface area (Å²) < 4.78 is 5.42. The maximum Gasteiger partial charge on any atom is 0.244 e. The number of rotatable bonds is 6. The van der Waals surface area contributed by atoms with Crippen LogP contribution in [0, 0.1) is 0 Å². The zero-order valence-electron chi connectivity index (χ0n) is 9.26. The first kappa shape index (κ1) is 12.2. The SMILES string of the molecule is CCCCCOc1nnccc1/C(N)=N/O. The number of aromatic nitrogens is 2. The molecule has 1 heterocycles. The quantitative estimate of drug-likeness (QED) is 0.248. The molecule has 6 nitrogen and oxygen atoms in total. The molecule has 0 aliphatic carbocycles. The van der Waals surface area contributed by atoms with E-state index in [-0.39, 0.29) is 5.84 Å². The molecule has 3 N–H and O–H groups in total. The van der Waals surface area contributed by atoms with Gasteiger partial charge in [0.05, 0.1) is 18.4 Å². The van der Waals surface area contributed by atoms with Crippen molar-refractivity contribution in [1.29, 1.82) is 0 Å². The van der Waals surface area contributed by atoms with Gasteiger partial charge in [0, 0.05) is 0 Å². The highest BCUT2D eigenvalue weighted by atomic mass is 16.5. The second-order valence-electron chi connectivity index (χ2n) is 3.29. The van der Waals surface area contributed by atoms with Gasteiger partial charge in [0.25, 0.3) is 0 Å². The summed E-state index contributed by atoms with van der Waals surface area (Å²) in [7, 11) is 0. The van der Waals surface area contributed by atoms with Gasteiger partial charge in [0.15, 0.2) is 5.84 Å². The Hall–Kier alpha value is -1.85. The summed E-state index contributed by atoms with van der Waals surface area (Å²) in [6.07, 6.45) is 4.63. The zero-order chi connectivity index (χ0) is 11.8. The number of nitrogens with zero attached hydrogens (tertiary/aromatic N) is 3. The Morgan fingerprint density at radius 2 is 2.38 bits per heavy atom. The normalized spacial score (nSPS) is 11.4. The summed E-state index contributed by atoms with van der Waals surface area (Å²) >= 11 is 0. The van der Waals surface area contributed by atoms with Crippen molar-refractivity contribution in [2.45, 2.75) is 26.2 Å². The Bertz CT molecular complexity index is 354. The van der Waals surface area contributed by atoms with Gasteiger partial charge in [0.2, 0.25) is 5.88 Å². The lowest BCUT2D eigenvalue weighted by molar-refractivity contribution is 0.289. The average Bonchev–Trinajstić information content (AvgIpc) is 2.34. The van der Waals surface area contributed by atoms with Gasteiger partial charge in [0.1, 0.15) is 0 Å². The van der Waals surface area contributed by atoms with Crippen LogP contribution in [0.5, 0.6) is 5.88 Å². The van der Waals surface area contributed by atoms with E-state index in [9.17, 15) is 0 Å². The van der Waals surface area contributed by atoms with Gasteiger partial charge in [-0.2, -0.15) is 5.10 Å². The Balaban J connectivity index is 2.64. The van der Waals surface area contributed by atoms with Crippen LogP contribution in [0.25, 0.3) is 0 Å². The van der Waals surface area contributed by atoms with E-state index in [0.717, 1.165) is 19.3 Å². The Morgan fingerprint density at radius 3 is 3.06 bits per heavy atom. The Morgan fingerprint density at radius 1 is 1.56 bits per heavy atom.